The fraction of sp³-hybridized carbons (Fsp3) is 0.667. The Hall–Kier alpha value is -0.830. The topological polar surface area (TPSA) is 37.8 Å². The highest BCUT2D eigenvalue weighted by Crippen LogP contribution is 2.29. The van der Waals surface area contributed by atoms with Gasteiger partial charge in [-0.1, -0.05) is 37.8 Å². The molecule has 1 N–H and O–H groups in total. The van der Waals surface area contributed by atoms with Crippen LogP contribution >= 0.6 is 11.6 Å². The van der Waals surface area contributed by atoms with Crippen LogP contribution in [-0.4, -0.2) is 16.5 Å². The van der Waals surface area contributed by atoms with Gasteiger partial charge in [0.05, 0.1) is 0 Å². The summed E-state index contributed by atoms with van der Waals surface area (Å²) in [6.07, 6.45) is 8.66. The molecule has 4 heteroatoms. The minimum Gasteiger partial charge on any atom is -0.367 e. The summed E-state index contributed by atoms with van der Waals surface area (Å²) in [6.45, 7) is 3.30. The van der Waals surface area contributed by atoms with Crippen LogP contribution < -0.4 is 5.32 Å². The van der Waals surface area contributed by atoms with Crippen molar-refractivity contribution in [2.24, 2.45) is 11.8 Å². The molecule has 3 nitrogen and oxygen atoms in total. The van der Waals surface area contributed by atoms with Crippen molar-refractivity contribution < 1.29 is 0 Å². The molecule has 2 unspecified atom stereocenters. The SMILES string of the molecule is CC1CCCCC1CNc1nccnc1Cl. The van der Waals surface area contributed by atoms with E-state index in [1.54, 1.807) is 12.4 Å². The first-order valence-electron chi connectivity index (χ1n) is 5.97. The van der Waals surface area contributed by atoms with Crippen molar-refractivity contribution in [1.29, 1.82) is 0 Å². The van der Waals surface area contributed by atoms with Crippen LogP contribution in [0.2, 0.25) is 5.15 Å². The number of nitrogens with zero attached hydrogens (tertiary/aromatic N) is 2. The monoisotopic (exact) mass is 239 g/mol. The summed E-state index contributed by atoms with van der Waals surface area (Å²) in [5.41, 5.74) is 0. The van der Waals surface area contributed by atoms with Crippen LogP contribution in [0.4, 0.5) is 5.82 Å². The fourth-order valence-corrected chi connectivity index (χ4v) is 2.54. The highest BCUT2D eigenvalue weighted by molar-refractivity contribution is 6.31. The summed E-state index contributed by atoms with van der Waals surface area (Å²) in [6, 6.07) is 0. The number of anilines is 1. The van der Waals surface area contributed by atoms with Crippen molar-refractivity contribution in [1.82, 2.24) is 9.97 Å². The summed E-state index contributed by atoms with van der Waals surface area (Å²) < 4.78 is 0. The van der Waals surface area contributed by atoms with Gasteiger partial charge in [-0.15, -0.1) is 0 Å². The van der Waals surface area contributed by atoms with E-state index in [0.717, 1.165) is 18.4 Å². The van der Waals surface area contributed by atoms with Crippen molar-refractivity contribution in [2.75, 3.05) is 11.9 Å². The molecule has 1 aromatic heterocycles. The molecule has 2 rings (SSSR count). The molecule has 0 saturated heterocycles. The Labute approximate surface area is 102 Å². The Balaban J connectivity index is 1.89. The first kappa shape index (κ1) is 11.6. The molecule has 1 aliphatic rings. The maximum Gasteiger partial charge on any atom is 0.171 e. The summed E-state index contributed by atoms with van der Waals surface area (Å²) in [4.78, 5) is 8.18. The van der Waals surface area contributed by atoms with E-state index in [0.29, 0.717) is 11.0 Å². The van der Waals surface area contributed by atoms with Gasteiger partial charge in [0.2, 0.25) is 0 Å². The summed E-state index contributed by atoms with van der Waals surface area (Å²) in [7, 11) is 0. The van der Waals surface area contributed by atoms with Gasteiger partial charge >= 0.3 is 0 Å². The molecule has 2 atom stereocenters. The van der Waals surface area contributed by atoms with E-state index in [1.807, 2.05) is 0 Å². The normalized spacial score (nSPS) is 25.4. The second-order valence-corrected chi connectivity index (χ2v) is 4.96. The van der Waals surface area contributed by atoms with Gasteiger partial charge in [-0.25, -0.2) is 9.97 Å². The van der Waals surface area contributed by atoms with E-state index >= 15 is 0 Å². The van der Waals surface area contributed by atoms with E-state index in [9.17, 15) is 0 Å². The molecule has 16 heavy (non-hydrogen) atoms. The second kappa shape index (κ2) is 5.48. The summed E-state index contributed by atoms with van der Waals surface area (Å²) in [5.74, 6) is 2.26. The van der Waals surface area contributed by atoms with Crippen LogP contribution in [0.3, 0.4) is 0 Å². The van der Waals surface area contributed by atoms with Crippen LogP contribution in [0.25, 0.3) is 0 Å². The van der Waals surface area contributed by atoms with E-state index in [4.69, 9.17) is 11.6 Å². The molecule has 0 radical (unpaired) electrons. The average Bonchev–Trinajstić information content (AvgIpc) is 2.30. The highest BCUT2D eigenvalue weighted by atomic mass is 35.5. The van der Waals surface area contributed by atoms with Crippen LogP contribution in [0, 0.1) is 11.8 Å². The van der Waals surface area contributed by atoms with Crippen molar-refractivity contribution >= 4 is 17.4 Å². The molecule has 1 fully saturated rings. The van der Waals surface area contributed by atoms with Crippen LogP contribution in [0.15, 0.2) is 12.4 Å². The van der Waals surface area contributed by atoms with E-state index in [-0.39, 0.29) is 0 Å². The van der Waals surface area contributed by atoms with Crippen molar-refractivity contribution in [3.8, 4) is 0 Å². The lowest BCUT2D eigenvalue weighted by molar-refractivity contribution is 0.268. The number of aromatic nitrogens is 2. The van der Waals surface area contributed by atoms with Gasteiger partial charge in [0.1, 0.15) is 0 Å². The summed E-state index contributed by atoms with van der Waals surface area (Å²) >= 11 is 5.94. The lowest BCUT2D eigenvalue weighted by Gasteiger charge is -2.28. The Morgan fingerprint density at radius 3 is 2.81 bits per heavy atom. The number of rotatable bonds is 3. The molecule has 0 bridgehead atoms. The molecule has 0 aliphatic heterocycles. The van der Waals surface area contributed by atoms with Crippen LogP contribution in [0.5, 0.6) is 0 Å². The molecule has 0 aromatic carbocycles. The van der Waals surface area contributed by atoms with Gasteiger partial charge in [0.15, 0.2) is 11.0 Å². The zero-order valence-electron chi connectivity index (χ0n) is 9.62. The van der Waals surface area contributed by atoms with Gasteiger partial charge in [-0.2, -0.15) is 0 Å². The smallest absolute Gasteiger partial charge is 0.171 e. The molecule has 1 aliphatic carbocycles. The number of halogens is 1. The van der Waals surface area contributed by atoms with Crippen LogP contribution in [0.1, 0.15) is 32.6 Å². The molecular formula is C12H18ClN3. The molecular weight excluding hydrogens is 222 g/mol. The van der Waals surface area contributed by atoms with Crippen LogP contribution in [-0.2, 0) is 0 Å². The third-order valence-electron chi connectivity index (χ3n) is 3.47. The second-order valence-electron chi connectivity index (χ2n) is 4.60. The molecule has 0 spiro atoms. The first-order valence-corrected chi connectivity index (χ1v) is 6.35. The zero-order valence-corrected chi connectivity index (χ0v) is 10.4. The lowest BCUT2D eigenvalue weighted by atomic mass is 9.80. The van der Waals surface area contributed by atoms with Crippen molar-refractivity contribution in [3.63, 3.8) is 0 Å². The number of hydrogen-bond donors (Lipinski definition) is 1. The van der Waals surface area contributed by atoms with Gasteiger partial charge in [0.25, 0.3) is 0 Å². The Morgan fingerprint density at radius 1 is 1.31 bits per heavy atom. The fourth-order valence-electron chi connectivity index (χ4n) is 2.36. The molecule has 1 heterocycles. The van der Waals surface area contributed by atoms with E-state index in [1.165, 1.54) is 25.7 Å². The Bertz CT molecular complexity index is 343. The predicted molar refractivity (Wildman–Crippen MR) is 66.7 cm³/mol. The molecule has 1 aromatic rings. The zero-order chi connectivity index (χ0) is 11.4. The van der Waals surface area contributed by atoms with Gasteiger partial charge in [-0.3, -0.25) is 0 Å². The lowest BCUT2D eigenvalue weighted by Crippen LogP contribution is -2.24. The minimum atomic E-state index is 0.464. The number of nitrogens with one attached hydrogen (secondary N) is 1. The van der Waals surface area contributed by atoms with E-state index in [2.05, 4.69) is 22.2 Å². The maximum atomic E-state index is 5.94. The van der Waals surface area contributed by atoms with Gasteiger partial charge in [0, 0.05) is 18.9 Å². The highest BCUT2D eigenvalue weighted by Gasteiger charge is 2.21. The Kier molecular flexibility index (Phi) is 3.99. The largest absolute Gasteiger partial charge is 0.367 e. The average molecular weight is 240 g/mol. The quantitative estimate of drug-likeness (QED) is 0.879. The third-order valence-corrected chi connectivity index (χ3v) is 3.75. The number of hydrogen-bond acceptors (Lipinski definition) is 3. The molecule has 0 amide bonds. The minimum absolute atomic E-state index is 0.464. The standard InChI is InChI=1S/C12H18ClN3/c1-9-4-2-3-5-10(9)8-16-12-11(13)14-6-7-15-12/h6-7,9-10H,2-5,8H2,1H3,(H,15,16). The van der Waals surface area contributed by atoms with Gasteiger partial charge in [-0.05, 0) is 18.3 Å². The Morgan fingerprint density at radius 2 is 2.06 bits per heavy atom. The first-order chi connectivity index (χ1) is 7.77. The molecule has 88 valence electrons. The van der Waals surface area contributed by atoms with Crippen molar-refractivity contribution in [3.05, 3.63) is 17.5 Å². The van der Waals surface area contributed by atoms with Gasteiger partial charge < -0.3 is 5.32 Å². The van der Waals surface area contributed by atoms with Crippen molar-refractivity contribution in [2.45, 2.75) is 32.6 Å². The third kappa shape index (κ3) is 2.85. The summed E-state index contributed by atoms with van der Waals surface area (Å²) in [5, 5.41) is 3.77. The molecule has 1 saturated carbocycles. The van der Waals surface area contributed by atoms with E-state index < -0.39 is 0 Å². The maximum absolute atomic E-state index is 5.94. The predicted octanol–water partition coefficient (Wildman–Crippen LogP) is 3.37.